The van der Waals surface area contributed by atoms with Crippen molar-refractivity contribution in [3.8, 4) is 0 Å². The SMILES string of the molecule is COCC1CCN(c2ccc(Br)cc2C(C)O)CC1. The van der Waals surface area contributed by atoms with Gasteiger partial charge in [-0.3, -0.25) is 0 Å². The summed E-state index contributed by atoms with van der Waals surface area (Å²) in [5.41, 5.74) is 2.16. The van der Waals surface area contributed by atoms with E-state index in [1.807, 2.05) is 19.1 Å². The second kappa shape index (κ2) is 6.73. The monoisotopic (exact) mass is 327 g/mol. The Morgan fingerprint density at radius 3 is 2.68 bits per heavy atom. The smallest absolute Gasteiger partial charge is 0.0782 e. The molecule has 1 atom stereocenters. The van der Waals surface area contributed by atoms with E-state index in [2.05, 4.69) is 26.9 Å². The van der Waals surface area contributed by atoms with Crippen LogP contribution in [-0.2, 0) is 4.74 Å². The summed E-state index contributed by atoms with van der Waals surface area (Å²) < 4.78 is 6.25. The van der Waals surface area contributed by atoms with Crippen molar-refractivity contribution < 1.29 is 9.84 Å². The summed E-state index contributed by atoms with van der Waals surface area (Å²) >= 11 is 3.47. The molecular formula is C15H22BrNO2. The van der Waals surface area contributed by atoms with E-state index in [1.165, 1.54) is 0 Å². The van der Waals surface area contributed by atoms with Crippen LogP contribution in [0.25, 0.3) is 0 Å². The van der Waals surface area contributed by atoms with Crippen LogP contribution < -0.4 is 4.90 Å². The highest BCUT2D eigenvalue weighted by molar-refractivity contribution is 9.10. The minimum absolute atomic E-state index is 0.441. The number of rotatable bonds is 4. The van der Waals surface area contributed by atoms with Crippen LogP contribution in [0.1, 0.15) is 31.4 Å². The van der Waals surface area contributed by atoms with Crippen molar-refractivity contribution in [2.24, 2.45) is 5.92 Å². The first kappa shape index (κ1) is 14.8. The molecule has 2 rings (SSSR count). The molecule has 1 saturated heterocycles. The van der Waals surface area contributed by atoms with Gasteiger partial charge in [-0.25, -0.2) is 0 Å². The van der Waals surface area contributed by atoms with E-state index in [9.17, 15) is 5.11 Å². The van der Waals surface area contributed by atoms with Crippen LogP contribution in [0.15, 0.2) is 22.7 Å². The van der Waals surface area contributed by atoms with Crippen LogP contribution in [0.4, 0.5) is 5.69 Å². The van der Waals surface area contributed by atoms with Crippen molar-refractivity contribution in [1.82, 2.24) is 0 Å². The topological polar surface area (TPSA) is 32.7 Å². The maximum Gasteiger partial charge on any atom is 0.0782 e. The third-order valence-electron chi connectivity index (χ3n) is 3.80. The van der Waals surface area contributed by atoms with E-state index in [0.29, 0.717) is 5.92 Å². The molecule has 1 aromatic rings. The molecule has 0 amide bonds. The van der Waals surface area contributed by atoms with E-state index in [1.54, 1.807) is 7.11 Å². The highest BCUT2D eigenvalue weighted by Crippen LogP contribution is 2.32. The zero-order valence-electron chi connectivity index (χ0n) is 11.6. The average Bonchev–Trinajstić information content (AvgIpc) is 2.40. The standard InChI is InChI=1S/C15H22BrNO2/c1-11(18)14-9-13(16)3-4-15(14)17-7-5-12(6-8-17)10-19-2/h3-4,9,11-12,18H,5-8,10H2,1-2H3. The van der Waals surface area contributed by atoms with Gasteiger partial charge in [-0.05, 0) is 43.9 Å². The molecule has 1 N–H and O–H groups in total. The minimum Gasteiger partial charge on any atom is -0.389 e. The molecule has 1 heterocycles. The third kappa shape index (κ3) is 3.71. The van der Waals surface area contributed by atoms with Gasteiger partial charge < -0.3 is 14.7 Å². The van der Waals surface area contributed by atoms with Crippen LogP contribution >= 0.6 is 15.9 Å². The number of aliphatic hydroxyl groups is 1. The lowest BCUT2D eigenvalue weighted by molar-refractivity contribution is 0.139. The van der Waals surface area contributed by atoms with Gasteiger partial charge in [0.05, 0.1) is 6.10 Å². The molecule has 4 heteroatoms. The number of piperidine rings is 1. The first-order valence-corrected chi connectivity index (χ1v) is 7.62. The molecule has 0 aromatic heterocycles. The van der Waals surface area contributed by atoms with E-state index in [0.717, 1.165) is 48.3 Å². The van der Waals surface area contributed by atoms with E-state index < -0.39 is 6.10 Å². The molecule has 0 spiro atoms. The fourth-order valence-corrected chi connectivity index (χ4v) is 3.10. The maximum absolute atomic E-state index is 9.93. The predicted molar refractivity (Wildman–Crippen MR) is 81.6 cm³/mol. The second-order valence-electron chi connectivity index (χ2n) is 5.26. The first-order chi connectivity index (χ1) is 9.11. The number of nitrogens with zero attached hydrogens (tertiary/aromatic N) is 1. The maximum atomic E-state index is 9.93. The third-order valence-corrected chi connectivity index (χ3v) is 4.29. The van der Waals surface area contributed by atoms with Gasteiger partial charge in [-0.1, -0.05) is 15.9 Å². The summed E-state index contributed by atoms with van der Waals surface area (Å²) in [6, 6.07) is 6.16. The van der Waals surface area contributed by atoms with Gasteiger partial charge in [0.15, 0.2) is 0 Å². The molecule has 1 aliphatic rings. The lowest BCUT2D eigenvalue weighted by Gasteiger charge is -2.35. The molecule has 1 unspecified atom stereocenters. The van der Waals surface area contributed by atoms with Crippen LogP contribution in [-0.4, -0.2) is 31.9 Å². The number of hydrogen-bond donors (Lipinski definition) is 1. The number of aliphatic hydroxyl groups excluding tert-OH is 1. The van der Waals surface area contributed by atoms with E-state index in [4.69, 9.17) is 4.74 Å². The quantitative estimate of drug-likeness (QED) is 0.920. The van der Waals surface area contributed by atoms with E-state index in [-0.39, 0.29) is 0 Å². The normalized spacial score (nSPS) is 18.6. The van der Waals surface area contributed by atoms with Crippen LogP contribution in [0.3, 0.4) is 0 Å². The van der Waals surface area contributed by atoms with Gasteiger partial charge in [0, 0.05) is 42.5 Å². The molecular weight excluding hydrogens is 306 g/mol. The summed E-state index contributed by atoms with van der Waals surface area (Å²) in [6.07, 6.45) is 1.87. The van der Waals surface area contributed by atoms with Crippen molar-refractivity contribution in [2.75, 3.05) is 31.7 Å². The molecule has 0 saturated carbocycles. The van der Waals surface area contributed by atoms with Crippen molar-refractivity contribution in [3.05, 3.63) is 28.2 Å². The fraction of sp³-hybridized carbons (Fsp3) is 0.600. The summed E-state index contributed by atoms with van der Waals surface area (Å²) in [5.74, 6) is 0.673. The van der Waals surface area contributed by atoms with Gasteiger partial charge in [-0.15, -0.1) is 0 Å². The summed E-state index contributed by atoms with van der Waals surface area (Å²) in [4.78, 5) is 2.38. The number of halogens is 1. The highest BCUT2D eigenvalue weighted by atomic mass is 79.9. The molecule has 0 bridgehead atoms. The fourth-order valence-electron chi connectivity index (χ4n) is 2.72. The number of hydrogen-bond acceptors (Lipinski definition) is 3. The molecule has 1 aliphatic heterocycles. The predicted octanol–water partition coefficient (Wildman–Crippen LogP) is 3.37. The number of methoxy groups -OCH3 is 1. The number of ether oxygens (including phenoxy) is 1. The summed E-state index contributed by atoms with van der Waals surface area (Å²) in [5, 5.41) is 9.93. The largest absolute Gasteiger partial charge is 0.389 e. The Balaban J connectivity index is 2.11. The van der Waals surface area contributed by atoms with Crippen LogP contribution in [0.5, 0.6) is 0 Å². The van der Waals surface area contributed by atoms with Crippen LogP contribution in [0.2, 0.25) is 0 Å². The average molecular weight is 328 g/mol. The second-order valence-corrected chi connectivity index (χ2v) is 6.18. The Labute approximate surface area is 123 Å². The number of anilines is 1. The molecule has 0 radical (unpaired) electrons. The zero-order valence-corrected chi connectivity index (χ0v) is 13.2. The molecule has 3 nitrogen and oxygen atoms in total. The number of benzene rings is 1. The lowest BCUT2D eigenvalue weighted by atomic mass is 9.96. The van der Waals surface area contributed by atoms with E-state index >= 15 is 0 Å². The molecule has 106 valence electrons. The van der Waals surface area contributed by atoms with Crippen molar-refractivity contribution in [1.29, 1.82) is 0 Å². The molecule has 1 fully saturated rings. The molecule has 0 aliphatic carbocycles. The Morgan fingerprint density at radius 2 is 2.11 bits per heavy atom. The summed E-state index contributed by atoms with van der Waals surface area (Å²) in [7, 11) is 1.77. The Bertz CT molecular complexity index is 415. The molecule has 19 heavy (non-hydrogen) atoms. The molecule has 1 aromatic carbocycles. The van der Waals surface area contributed by atoms with Gasteiger partial charge in [0.25, 0.3) is 0 Å². The zero-order chi connectivity index (χ0) is 13.8. The van der Waals surface area contributed by atoms with Gasteiger partial charge in [-0.2, -0.15) is 0 Å². The van der Waals surface area contributed by atoms with Gasteiger partial charge >= 0.3 is 0 Å². The van der Waals surface area contributed by atoms with Gasteiger partial charge in [0.2, 0.25) is 0 Å². The lowest BCUT2D eigenvalue weighted by Crippen LogP contribution is -2.35. The highest BCUT2D eigenvalue weighted by Gasteiger charge is 2.22. The van der Waals surface area contributed by atoms with Crippen molar-refractivity contribution in [2.45, 2.75) is 25.9 Å². The van der Waals surface area contributed by atoms with Gasteiger partial charge in [0.1, 0.15) is 0 Å². The Kier molecular flexibility index (Phi) is 5.25. The van der Waals surface area contributed by atoms with Crippen LogP contribution in [0, 0.1) is 5.92 Å². The first-order valence-electron chi connectivity index (χ1n) is 6.83. The Morgan fingerprint density at radius 1 is 1.42 bits per heavy atom. The minimum atomic E-state index is -0.441. The van der Waals surface area contributed by atoms with Crippen molar-refractivity contribution in [3.63, 3.8) is 0 Å². The van der Waals surface area contributed by atoms with Crippen molar-refractivity contribution >= 4 is 21.6 Å². The summed E-state index contributed by atoms with van der Waals surface area (Å²) in [6.45, 7) is 4.76. The Hall–Kier alpha value is -0.580.